The van der Waals surface area contributed by atoms with Crippen LogP contribution in [0.2, 0.25) is 0 Å². The summed E-state index contributed by atoms with van der Waals surface area (Å²) < 4.78 is 0. The molecule has 0 fully saturated rings. The number of hydrogen-bond donors (Lipinski definition) is 4. The van der Waals surface area contributed by atoms with Crippen LogP contribution in [-0.4, -0.2) is 10.9 Å². The molecule has 0 atom stereocenters. The van der Waals surface area contributed by atoms with Crippen LogP contribution in [0.4, 0.5) is 0 Å². The van der Waals surface area contributed by atoms with Crippen molar-refractivity contribution in [1.29, 1.82) is 0 Å². The van der Waals surface area contributed by atoms with Gasteiger partial charge in [0.2, 0.25) is 0 Å². The van der Waals surface area contributed by atoms with Gasteiger partial charge in [-0.25, -0.2) is 5.84 Å². The molecule has 1 aromatic carbocycles. The number of rotatable bonds is 4. The maximum atomic E-state index is 10.8. The largest absolute Gasteiger partial charge is 0.391 e. The standard InChI is InChI=1S/C10H15N5O/c11-8(10(13)16)9(12)15(14)6-7-4-2-1-3-5-7/h1-5H,6,11-12,14H2,(H2,13,16)/b9-8-. The number of amides is 1. The number of carbonyl (C=O) groups is 1. The molecule has 0 radical (unpaired) electrons. The molecule has 0 unspecified atom stereocenters. The number of benzene rings is 1. The van der Waals surface area contributed by atoms with Crippen molar-refractivity contribution in [2.24, 2.45) is 23.0 Å². The molecule has 0 saturated heterocycles. The summed E-state index contributed by atoms with van der Waals surface area (Å²) in [4.78, 5) is 10.8. The minimum absolute atomic E-state index is 0.0312. The molecule has 6 heteroatoms. The van der Waals surface area contributed by atoms with Crippen LogP contribution in [-0.2, 0) is 11.3 Å². The molecule has 0 bridgehead atoms. The molecule has 16 heavy (non-hydrogen) atoms. The van der Waals surface area contributed by atoms with Crippen molar-refractivity contribution in [3.8, 4) is 0 Å². The molecule has 0 aliphatic heterocycles. The first-order valence-corrected chi connectivity index (χ1v) is 4.63. The lowest BCUT2D eigenvalue weighted by atomic mass is 10.2. The highest BCUT2D eigenvalue weighted by Gasteiger charge is 2.10. The Morgan fingerprint density at radius 3 is 2.19 bits per heavy atom. The van der Waals surface area contributed by atoms with Gasteiger partial charge in [-0.2, -0.15) is 0 Å². The van der Waals surface area contributed by atoms with Crippen molar-refractivity contribution in [3.05, 3.63) is 47.4 Å². The van der Waals surface area contributed by atoms with Crippen molar-refractivity contribution in [3.63, 3.8) is 0 Å². The van der Waals surface area contributed by atoms with E-state index in [4.69, 9.17) is 23.0 Å². The number of hydrogen-bond acceptors (Lipinski definition) is 5. The minimum atomic E-state index is -0.791. The number of nitrogens with two attached hydrogens (primary N) is 4. The van der Waals surface area contributed by atoms with Gasteiger partial charge in [0.1, 0.15) is 11.5 Å². The SMILES string of the molecule is NC(=O)/C(N)=C(\N)N(N)Cc1ccccc1. The molecular weight excluding hydrogens is 206 g/mol. The molecule has 0 spiro atoms. The summed E-state index contributed by atoms with van der Waals surface area (Å²) in [5, 5.41) is 1.18. The zero-order valence-corrected chi connectivity index (χ0v) is 8.76. The molecule has 86 valence electrons. The van der Waals surface area contributed by atoms with Gasteiger partial charge in [0.05, 0.1) is 6.54 Å². The molecule has 0 aromatic heterocycles. The quantitative estimate of drug-likeness (QED) is 0.293. The van der Waals surface area contributed by atoms with Gasteiger partial charge in [-0.15, -0.1) is 0 Å². The van der Waals surface area contributed by atoms with Crippen molar-refractivity contribution in [2.75, 3.05) is 0 Å². The molecule has 0 heterocycles. The topological polar surface area (TPSA) is 124 Å². The lowest BCUT2D eigenvalue weighted by molar-refractivity contribution is -0.114. The van der Waals surface area contributed by atoms with Crippen LogP contribution in [0, 0.1) is 0 Å². The Kier molecular flexibility index (Phi) is 3.73. The van der Waals surface area contributed by atoms with Gasteiger partial charge in [-0.3, -0.25) is 9.80 Å². The Morgan fingerprint density at radius 2 is 1.69 bits per heavy atom. The van der Waals surface area contributed by atoms with Crippen LogP contribution in [0.1, 0.15) is 5.56 Å². The summed E-state index contributed by atoms with van der Waals surface area (Å²) in [5.74, 6) is 4.83. The van der Waals surface area contributed by atoms with Crippen LogP contribution in [0.15, 0.2) is 41.8 Å². The van der Waals surface area contributed by atoms with Gasteiger partial charge in [0.15, 0.2) is 0 Å². The Hall–Kier alpha value is -2.21. The van der Waals surface area contributed by atoms with Crippen LogP contribution in [0.5, 0.6) is 0 Å². The number of nitrogens with zero attached hydrogens (tertiary/aromatic N) is 1. The normalized spacial score (nSPS) is 11.8. The Labute approximate surface area is 93.5 Å². The Bertz CT molecular complexity index is 401. The molecule has 8 N–H and O–H groups in total. The van der Waals surface area contributed by atoms with Crippen molar-refractivity contribution >= 4 is 5.91 Å². The second kappa shape index (κ2) is 5.04. The second-order valence-corrected chi connectivity index (χ2v) is 3.28. The van der Waals surface area contributed by atoms with E-state index in [0.29, 0.717) is 6.54 Å². The predicted molar refractivity (Wildman–Crippen MR) is 60.8 cm³/mol. The molecule has 6 nitrogen and oxygen atoms in total. The third-order valence-corrected chi connectivity index (χ3v) is 2.05. The highest BCUT2D eigenvalue weighted by Crippen LogP contribution is 2.04. The molecular formula is C10H15N5O. The summed E-state index contributed by atoms with van der Waals surface area (Å²) in [7, 11) is 0. The molecule has 1 rings (SSSR count). The van der Waals surface area contributed by atoms with Gasteiger partial charge < -0.3 is 17.2 Å². The summed E-state index contributed by atoms with van der Waals surface area (Å²) >= 11 is 0. The Balaban J connectivity index is 2.77. The van der Waals surface area contributed by atoms with Crippen LogP contribution < -0.4 is 23.0 Å². The van der Waals surface area contributed by atoms with E-state index in [0.717, 1.165) is 5.56 Å². The van der Waals surface area contributed by atoms with Crippen molar-refractivity contribution < 1.29 is 4.79 Å². The average Bonchev–Trinajstić information content (AvgIpc) is 2.28. The van der Waals surface area contributed by atoms with E-state index in [1.165, 1.54) is 5.01 Å². The van der Waals surface area contributed by atoms with Crippen molar-refractivity contribution in [1.82, 2.24) is 5.01 Å². The van der Waals surface area contributed by atoms with Crippen molar-refractivity contribution in [2.45, 2.75) is 6.54 Å². The zero-order valence-electron chi connectivity index (χ0n) is 8.76. The fourth-order valence-electron chi connectivity index (χ4n) is 1.15. The zero-order chi connectivity index (χ0) is 12.1. The molecule has 0 saturated carbocycles. The van der Waals surface area contributed by atoms with Gasteiger partial charge >= 0.3 is 0 Å². The first-order valence-electron chi connectivity index (χ1n) is 4.63. The summed E-state index contributed by atoms with van der Waals surface area (Å²) in [6.45, 7) is 0.348. The van der Waals surface area contributed by atoms with Gasteiger partial charge in [0.25, 0.3) is 5.91 Å². The molecule has 1 amide bonds. The first-order chi connectivity index (χ1) is 7.52. The highest BCUT2D eigenvalue weighted by atomic mass is 16.1. The Morgan fingerprint density at radius 1 is 1.12 bits per heavy atom. The lowest BCUT2D eigenvalue weighted by Crippen LogP contribution is -2.38. The van der Waals surface area contributed by atoms with Crippen LogP contribution >= 0.6 is 0 Å². The summed E-state index contributed by atoms with van der Waals surface area (Å²) in [6, 6.07) is 9.41. The number of primary amides is 1. The molecule has 1 aromatic rings. The van der Waals surface area contributed by atoms with E-state index >= 15 is 0 Å². The third-order valence-electron chi connectivity index (χ3n) is 2.05. The molecule has 0 aliphatic rings. The molecule has 0 aliphatic carbocycles. The summed E-state index contributed by atoms with van der Waals surface area (Å²) in [5.41, 5.74) is 16.6. The monoisotopic (exact) mass is 221 g/mol. The third kappa shape index (κ3) is 2.89. The average molecular weight is 221 g/mol. The van der Waals surface area contributed by atoms with Crippen LogP contribution in [0.25, 0.3) is 0 Å². The van der Waals surface area contributed by atoms with Gasteiger partial charge in [-0.1, -0.05) is 30.3 Å². The van der Waals surface area contributed by atoms with E-state index in [1.807, 2.05) is 30.3 Å². The van der Waals surface area contributed by atoms with E-state index < -0.39 is 5.91 Å². The highest BCUT2D eigenvalue weighted by molar-refractivity contribution is 5.91. The minimum Gasteiger partial charge on any atom is -0.391 e. The number of hydrazine groups is 1. The van der Waals surface area contributed by atoms with Crippen LogP contribution in [0.3, 0.4) is 0 Å². The second-order valence-electron chi connectivity index (χ2n) is 3.28. The van der Waals surface area contributed by atoms with E-state index in [-0.39, 0.29) is 11.5 Å². The predicted octanol–water partition coefficient (Wildman–Crippen LogP) is -1.07. The van der Waals surface area contributed by atoms with E-state index in [2.05, 4.69) is 0 Å². The maximum absolute atomic E-state index is 10.8. The first kappa shape index (κ1) is 11.9. The van der Waals surface area contributed by atoms with Gasteiger partial charge in [-0.05, 0) is 5.56 Å². The maximum Gasteiger partial charge on any atom is 0.268 e. The fraction of sp³-hybridized carbons (Fsp3) is 0.100. The fourth-order valence-corrected chi connectivity index (χ4v) is 1.15. The summed E-state index contributed by atoms with van der Waals surface area (Å²) in [6.07, 6.45) is 0. The van der Waals surface area contributed by atoms with E-state index in [9.17, 15) is 4.79 Å². The van der Waals surface area contributed by atoms with Gasteiger partial charge in [0, 0.05) is 0 Å². The smallest absolute Gasteiger partial charge is 0.268 e. The number of carbonyl (C=O) groups excluding carboxylic acids is 1. The lowest BCUT2D eigenvalue weighted by Gasteiger charge is -2.19. The van der Waals surface area contributed by atoms with E-state index in [1.54, 1.807) is 0 Å².